The minimum absolute atomic E-state index is 0.216. The molecule has 0 unspecified atom stereocenters. The van der Waals surface area contributed by atoms with Gasteiger partial charge in [0.15, 0.2) is 16.6 Å². The molecule has 0 radical (unpaired) electrons. The average molecular weight is 234 g/mol. The minimum atomic E-state index is -1.42. The Balaban J connectivity index is 4.07. The summed E-state index contributed by atoms with van der Waals surface area (Å²) in [6.07, 6.45) is 0.432. The fourth-order valence-electron chi connectivity index (χ4n) is 1.31. The zero-order valence-electron chi connectivity index (χ0n) is 11.0. The minimum Gasteiger partial charge on any atom is -0.412 e. The first kappa shape index (κ1) is 14.4. The van der Waals surface area contributed by atoms with E-state index in [9.17, 15) is 0 Å². The molecule has 0 spiro atoms. The van der Waals surface area contributed by atoms with Crippen molar-refractivity contribution in [2.75, 3.05) is 0 Å². The summed E-state index contributed by atoms with van der Waals surface area (Å²) in [5.74, 6) is 0. The SMILES string of the molecule is C[C@@H](O[Si](C)(C)C)[C@@H](C)O[Si](C)(C)C. The van der Waals surface area contributed by atoms with Gasteiger partial charge in [0.2, 0.25) is 0 Å². The highest BCUT2D eigenvalue weighted by Crippen LogP contribution is 2.15. The topological polar surface area (TPSA) is 18.5 Å². The lowest BCUT2D eigenvalue weighted by atomic mass is 10.3. The quantitative estimate of drug-likeness (QED) is 0.678. The first-order chi connectivity index (χ1) is 6.01. The van der Waals surface area contributed by atoms with E-state index in [2.05, 4.69) is 53.1 Å². The molecule has 0 rings (SSSR count). The van der Waals surface area contributed by atoms with E-state index in [0.717, 1.165) is 0 Å². The maximum absolute atomic E-state index is 5.98. The van der Waals surface area contributed by atoms with Gasteiger partial charge >= 0.3 is 0 Å². The smallest absolute Gasteiger partial charge is 0.184 e. The zero-order chi connectivity index (χ0) is 11.6. The number of rotatable bonds is 5. The van der Waals surface area contributed by atoms with E-state index in [1.165, 1.54) is 0 Å². The average Bonchev–Trinajstić information content (AvgIpc) is 1.78. The fourth-order valence-corrected chi connectivity index (χ4v) is 3.92. The van der Waals surface area contributed by atoms with Gasteiger partial charge in [-0.05, 0) is 53.1 Å². The lowest BCUT2D eigenvalue weighted by Crippen LogP contribution is -2.41. The lowest BCUT2D eigenvalue weighted by Gasteiger charge is -2.32. The molecule has 0 aromatic rings. The summed E-state index contributed by atoms with van der Waals surface area (Å²) in [6.45, 7) is 17.5. The van der Waals surface area contributed by atoms with Gasteiger partial charge in [-0.3, -0.25) is 0 Å². The van der Waals surface area contributed by atoms with Crippen molar-refractivity contribution in [3.8, 4) is 0 Å². The Labute approximate surface area is 91.3 Å². The van der Waals surface area contributed by atoms with Crippen LogP contribution < -0.4 is 0 Å². The highest BCUT2D eigenvalue weighted by atomic mass is 28.4. The Morgan fingerprint density at radius 1 is 0.643 bits per heavy atom. The molecular weight excluding hydrogens is 208 g/mol. The predicted molar refractivity (Wildman–Crippen MR) is 67.8 cm³/mol. The van der Waals surface area contributed by atoms with Gasteiger partial charge in [-0.15, -0.1) is 0 Å². The molecule has 86 valence electrons. The van der Waals surface area contributed by atoms with E-state index in [0.29, 0.717) is 0 Å². The van der Waals surface area contributed by atoms with Crippen LogP contribution in [0.15, 0.2) is 0 Å². The van der Waals surface area contributed by atoms with Crippen molar-refractivity contribution < 1.29 is 8.85 Å². The van der Waals surface area contributed by atoms with E-state index < -0.39 is 16.6 Å². The van der Waals surface area contributed by atoms with Crippen molar-refractivity contribution in [2.24, 2.45) is 0 Å². The second-order valence-corrected chi connectivity index (χ2v) is 14.8. The summed E-state index contributed by atoms with van der Waals surface area (Å²) in [4.78, 5) is 0. The van der Waals surface area contributed by atoms with Gasteiger partial charge in [0, 0.05) is 0 Å². The van der Waals surface area contributed by atoms with Crippen molar-refractivity contribution in [1.82, 2.24) is 0 Å². The van der Waals surface area contributed by atoms with Crippen LogP contribution in [0.3, 0.4) is 0 Å². The molecule has 0 aromatic heterocycles. The summed E-state index contributed by atoms with van der Waals surface area (Å²) >= 11 is 0. The molecule has 14 heavy (non-hydrogen) atoms. The van der Waals surface area contributed by atoms with Crippen LogP contribution in [0.1, 0.15) is 13.8 Å². The van der Waals surface area contributed by atoms with Crippen molar-refractivity contribution >= 4 is 16.6 Å². The maximum Gasteiger partial charge on any atom is 0.184 e. The summed E-state index contributed by atoms with van der Waals surface area (Å²) in [5.41, 5.74) is 0. The van der Waals surface area contributed by atoms with Gasteiger partial charge < -0.3 is 8.85 Å². The van der Waals surface area contributed by atoms with Crippen LogP contribution >= 0.6 is 0 Å². The monoisotopic (exact) mass is 234 g/mol. The third-order valence-electron chi connectivity index (χ3n) is 1.74. The van der Waals surface area contributed by atoms with Crippen molar-refractivity contribution in [3.05, 3.63) is 0 Å². The Kier molecular flexibility index (Phi) is 5.04. The third-order valence-corrected chi connectivity index (χ3v) is 3.90. The van der Waals surface area contributed by atoms with Gasteiger partial charge in [-0.25, -0.2) is 0 Å². The molecule has 0 saturated carbocycles. The zero-order valence-corrected chi connectivity index (χ0v) is 13.0. The Bertz CT molecular complexity index is 150. The normalized spacial score (nSPS) is 18.0. The van der Waals surface area contributed by atoms with Crippen LogP contribution in [-0.2, 0) is 8.85 Å². The molecule has 0 saturated heterocycles. The molecule has 2 nitrogen and oxygen atoms in total. The summed E-state index contributed by atoms with van der Waals surface area (Å²) in [5, 5.41) is 0. The molecule has 4 heteroatoms. The molecule has 0 N–H and O–H groups in total. The molecule has 2 atom stereocenters. The van der Waals surface area contributed by atoms with Crippen LogP contribution in [0.5, 0.6) is 0 Å². The number of hydrogen-bond acceptors (Lipinski definition) is 2. The van der Waals surface area contributed by atoms with Gasteiger partial charge in [0.25, 0.3) is 0 Å². The van der Waals surface area contributed by atoms with Gasteiger partial charge in [0.1, 0.15) is 0 Å². The Morgan fingerprint density at radius 2 is 0.857 bits per heavy atom. The van der Waals surface area contributed by atoms with Crippen LogP contribution in [0, 0.1) is 0 Å². The predicted octanol–water partition coefficient (Wildman–Crippen LogP) is 3.47. The second kappa shape index (κ2) is 4.92. The molecule has 0 aliphatic rings. The molecule has 0 aliphatic carbocycles. The van der Waals surface area contributed by atoms with Crippen molar-refractivity contribution in [1.29, 1.82) is 0 Å². The molecule has 0 heterocycles. The Hall–Kier alpha value is 0.354. The van der Waals surface area contributed by atoms with Gasteiger partial charge in [-0.2, -0.15) is 0 Å². The van der Waals surface area contributed by atoms with Crippen LogP contribution in [0.4, 0.5) is 0 Å². The fraction of sp³-hybridized carbons (Fsp3) is 1.00. The number of hydrogen-bond donors (Lipinski definition) is 0. The first-order valence-corrected chi connectivity index (χ1v) is 12.2. The molecular formula is C10H26O2Si2. The highest BCUT2D eigenvalue weighted by molar-refractivity contribution is 6.70. The molecule has 0 aromatic carbocycles. The largest absolute Gasteiger partial charge is 0.412 e. The van der Waals surface area contributed by atoms with Crippen molar-refractivity contribution in [2.45, 2.75) is 65.3 Å². The highest BCUT2D eigenvalue weighted by Gasteiger charge is 2.26. The second-order valence-electron chi connectivity index (χ2n) is 5.87. The van der Waals surface area contributed by atoms with Gasteiger partial charge in [0.05, 0.1) is 12.2 Å². The molecule has 0 bridgehead atoms. The van der Waals surface area contributed by atoms with E-state index in [-0.39, 0.29) is 12.2 Å². The summed E-state index contributed by atoms with van der Waals surface area (Å²) in [6, 6.07) is 0. The van der Waals surface area contributed by atoms with Crippen LogP contribution in [0.25, 0.3) is 0 Å². The summed E-state index contributed by atoms with van der Waals surface area (Å²) in [7, 11) is -2.85. The summed E-state index contributed by atoms with van der Waals surface area (Å²) < 4.78 is 12.0. The molecule has 0 amide bonds. The maximum atomic E-state index is 5.98. The Morgan fingerprint density at radius 3 is 1.00 bits per heavy atom. The van der Waals surface area contributed by atoms with E-state index in [1.54, 1.807) is 0 Å². The van der Waals surface area contributed by atoms with E-state index >= 15 is 0 Å². The van der Waals surface area contributed by atoms with Crippen LogP contribution in [0.2, 0.25) is 39.3 Å². The van der Waals surface area contributed by atoms with E-state index in [1.807, 2.05) is 0 Å². The lowest BCUT2D eigenvalue weighted by molar-refractivity contribution is 0.0679. The standard InChI is InChI=1S/C10H26O2Si2/c1-9(11-13(3,4)5)10(2)12-14(6,7)8/h9-10H,1-8H3/t9-,10-/m1/s1. The van der Waals surface area contributed by atoms with Crippen LogP contribution in [-0.4, -0.2) is 28.8 Å². The first-order valence-electron chi connectivity index (χ1n) is 5.37. The van der Waals surface area contributed by atoms with Crippen molar-refractivity contribution in [3.63, 3.8) is 0 Å². The van der Waals surface area contributed by atoms with E-state index in [4.69, 9.17) is 8.85 Å². The molecule has 0 fully saturated rings. The molecule has 0 aliphatic heterocycles. The third kappa shape index (κ3) is 7.73. The van der Waals surface area contributed by atoms with Gasteiger partial charge in [-0.1, -0.05) is 0 Å².